The van der Waals surface area contributed by atoms with Gasteiger partial charge < -0.3 is 9.47 Å². The molecule has 0 amide bonds. The van der Waals surface area contributed by atoms with Crippen LogP contribution < -0.4 is 0 Å². The molecule has 0 aromatic rings. The number of hydrogen-bond donors (Lipinski definition) is 0. The van der Waals surface area contributed by atoms with Crippen LogP contribution in [0.5, 0.6) is 0 Å². The maximum Gasteiger partial charge on any atom is 0.312 e. The summed E-state index contributed by atoms with van der Waals surface area (Å²) in [4.78, 5) is 24.5. The summed E-state index contributed by atoms with van der Waals surface area (Å²) in [6.45, 7) is 6.01. The number of unbranched alkanes of at least 4 members (excludes halogenated alkanes) is 25. The largest absolute Gasteiger partial charge is 0.469 e. The number of carbonyl (C=O) groups is 2. The zero-order chi connectivity index (χ0) is 30.2. The van der Waals surface area contributed by atoms with Crippen LogP contribution in [0.3, 0.4) is 0 Å². The van der Waals surface area contributed by atoms with E-state index in [0.717, 1.165) is 38.5 Å². The Morgan fingerprint density at radius 3 is 1.05 bits per heavy atom. The molecule has 4 nitrogen and oxygen atoms in total. The van der Waals surface area contributed by atoms with Gasteiger partial charge in [0.15, 0.2) is 0 Å². The molecule has 0 aliphatic rings. The van der Waals surface area contributed by atoms with Gasteiger partial charge in [-0.05, 0) is 19.3 Å². The fourth-order valence-electron chi connectivity index (χ4n) is 6.08. The first-order valence-electron chi connectivity index (χ1n) is 18.3. The summed E-state index contributed by atoms with van der Waals surface area (Å²) in [6, 6.07) is 0. The summed E-state index contributed by atoms with van der Waals surface area (Å²) in [6.07, 6.45) is 36.6. The van der Waals surface area contributed by atoms with Crippen molar-refractivity contribution in [2.75, 3.05) is 7.11 Å². The summed E-state index contributed by atoms with van der Waals surface area (Å²) in [7, 11) is 1.45. The first kappa shape index (κ1) is 39.9. The summed E-state index contributed by atoms with van der Waals surface area (Å²) in [5, 5.41) is 0. The van der Waals surface area contributed by atoms with Crippen LogP contribution in [0.4, 0.5) is 0 Å². The molecule has 244 valence electrons. The summed E-state index contributed by atoms with van der Waals surface area (Å²) >= 11 is 0. The lowest BCUT2D eigenvalue weighted by molar-refractivity contribution is -0.160. The van der Waals surface area contributed by atoms with Gasteiger partial charge in [0.2, 0.25) is 0 Å². The van der Waals surface area contributed by atoms with Crippen molar-refractivity contribution in [2.24, 2.45) is 5.92 Å². The molecular formula is C37H72O4. The molecule has 0 saturated heterocycles. The van der Waals surface area contributed by atoms with E-state index < -0.39 is 0 Å². The van der Waals surface area contributed by atoms with E-state index in [9.17, 15) is 9.59 Å². The molecule has 0 fully saturated rings. The van der Waals surface area contributed by atoms with Crippen LogP contribution in [0.25, 0.3) is 0 Å². The average molecular weight is 581 g/mol. The average Bonchev–Trinajstić information content (AvgIpc) is 2.96. The molecule has 0 saturated carbocycles. The molecule has 0 spiro atoms. The predicted octanol–water partition coefficient (Wildman–Crippen LogP) is 12.1. The molecular weight excluding hydrogens is 508 g/mol. The smallest absolute Gasteiger partial charge is 0.312 e. The van der Waals surface area contributed by atoms with Crippen molar-refractivity contribution in [1.29, 1.82) is 0 Å². The molecule has 0 radical (unpaired) electrons. The number of methoxy groups -OCH3 is 1. The van der Waals surface area contributed by atoms with Gasteiger partial charge in [-0.15, -0.1) is 0 Å². The Labute approximate surface area is 256 Å². The van der Waals surface area contributed by atoms with E-state index >= 15 is 0 Å². The lowest BCUT2D eigenvalue weighted by Crippen LogP contribution is -2.33. The van der Waals surface area contributed by atoms with Gasteiger partial charge in [-0.2, -0.15) is 0 Å². The van der Waals surface area contributed by atoms with Crippen LogP contribution >= 0.6 is 0 Å². The quantitative estimate of drug-likeness (QED) is 0.0586. The van der Waals surface area contributed by atoms with E-state index in [1.54, 1.807) is 0 Å². The molecule has 0 heterocycles. The first-order valence-corrected chi connectivity index (χ1v) is 18.3. The Morgan fingerprint density at radius 2 is 0.756 bits per heavy atom. The highest BCUT2D eigenvalue weighted by Gasteiger charge is 2.30. The van der Waals surface area contributed by atoms with Crippen molar-refractivity contribution in [3.63, 3.8) is 0 Å². The lowest BCUT2D eigenvalue weighted by atomic mass is 9.91. The first-order chi connectivity index (χ1) is 20.1. The Morgan fingerprint density at radius 1 is 0.463 bits per heavy atom. The highest BCUT2D eigenvalue weighted by atomic mass is 16.6. The van der Waals surface area contributed by atoms with Crippen LogP contribution in [0.1, 0.15) is 207 Å². The molecule has 41 heavy (non-hydrogen) atoms. The second-order valence-electron chi connectivity index (χ2n) is 12.7. The number of hydrogen-bond acceptors (Lipinski definition) is 4. The molecule has 2 unspecified atom stereocenters. The summed E-state index contributed by atoms with van der Waals surface area (Å²) in [5.41, 5.74) is 0. The van der Waals surface area contributed by atoms with E-state index in [-0.39, 0.29) is 24.0 Å². The van der Waals surface area contributed by atoms with Crippen molar-refractivity contribution < 1.29 is 19.1 Å². The minimum atomic E-state index is -0.352. The minimum Gasteiger partial charge on any atom is -0.469 e. The number of rotatable bonds is 32. The SMILES string of the molecule is CCCCCCCCCCCCCCCCC(C(=O)OC)C(CCCCCCCCCCCCCCC)OC(C)=O. The Hall–Kier alpha value is -1.06. The molecule has 0 bridgehead atoms. The minimum absolute atomic E-state index is 0.222. The molecule has 2 atom stereocenters. The van der Waals surface area contributed by atoms with Crippen LogP contribution in [0, 0.1) is 5.92 Å². The fourth-order valence-corrected chi connectivity index (χ4v) is 6.08. The highest BCUT2D eigenvalue weighted by Crippen LogP contribution is 2.24. The van der Waals surface area contributed by atoms with Crippen LogP contribution in [0.15, 0.2) is 0 Å². The Balaban J connectivity index is 4.05. The van der Waals surface area contributed by atoms with Gasteiger partial charge in [-0.25, -0.2) is 0 Å². The molecule has 0 aromatic carbocycles. The van der Waals surface area contributed by atoms with E-state index in [4.69, 9.17) is 9.47 Å². The molecule has 0 N–H and O–H groups in total. The third-order valence-corrected chi connectivity index (χ3v) is 8.73. The Bertz CT molecular complexity index is 561. The predicted molar refractivity (Wildman–Crippen MR) is 176 cm³/mol. The van der Waals surface area contributed by atoms with Gasteiger partial charge in [0.05, 0.1) is 13.0 Å². The zero-order valence-corrected chi connectivity index (χ0v) is 28.3. The molecule has 0 aromatic heterocycles. The van der Waals surface area contributed by atoms with Gasteiger partial charge in [-0.3, -0.25) is 9.59 Å². The number of ether oxygens (including phenoxy) is 2. The van der Waals surface area contributed by atoms with E-state index in [1.165, 1.54) is 162 Å². The third kappa shape index (κ3) is 27.5. The second kappa shape index (κ2) is 31.9. The van der Waals surface area contributed by atoms with Gasteiger partial charge in [0, 0.05) is 6.92 Å². The monoisotopic (exact) mass is 581 g/mol. The van der Waals surface area contributed by atoms with Crippen molar-refractivity contribution in [3.05, 3.63) is 0 Å². The maximum absolute atomic E-state index is 12.6. The number of carbonyl (C=O) groups excluding carboxylic acids is 2. The van der Waals surface area contributed by atoms with E-state index in [1.807, 2.05) is 0 Å². The second-order valence-corrected chi connectivity index (χ2v) is 12.7. The van der Waals surface area contributed by atoms with Gasteiger partial charge in [0.1, 0.15) is 6.10 Å². The number of esters is 2. The summed E-state index contributed by atoms with van der Waals surface area (Å²) in [5.74, 6) is -0.848. The van der Waals surface area contributed by atoms with Crippen LogP contribution in [-0.2, 0) is 19.1 Å². The maximum atomic E-state index is 12.6. The van der Waals surface area contributed by atoms with E-state index in [0.29, 0.717) is 0 Å². The lowest BCUT2D eigenvalue weighted by Gasteiger charge is -2.25. The third-order valence-electron chi connectivity index (χ3n) is 8.73. The standard InChI is InChI=1S/C37H72O4/c1-5-7-9-11-13-15-17-19-21-22-24-26-28-30-32-35(37(39)40-4)36(41-34(3)38)33-31-29-27-25-23-20-18-16-14-12-10-8-6-2/h35-36H,5-33H2,1-4H3. The molecule has 0 rings (SSSR count). The van der Waals surface area contributed by atoms with Gasteiger partial charge in [-0.1, -0.05) is 181 Å². The van der Waals surface area contributed by atoms with Crippen LogP contribution in [-0.4, -0.2) is 25.2 Å². The Kier molecular flexibility index (Phi) is 31.0. The van der Waals surface area contributed by atoms with Crippen molar-refractivity contribution in [1.82, 2.24) is 0 Å². The van der Waals surface area contributed by atoms with Gasteiger partial charge >= 0.3 is 11.9 Å². The van der Waals surface area contributed by atoms with Gasteiger partial charge in [0.25, 0.3) is 0 Å². The van der Waals surface area contributed by atoms with Crippen LogP contribution in [0.2, 0.25) is 0 Å². The normalized spacial score (nSPS) is 12.8. The highest BCUT2D eigenvalue weighted by molar-refractivity contribution is 5.74. The topological polar surface area (TPSA) is 52.6 Å². The molecule has 0 aliphatic heterocycles. The van der Waals surface area contributed by atoms with Crippen molar-refractivity contribution in [2.45, 2.75) is 213 Å². The van der Waals surface area contributed by atoms with E-state index in [2.05, 4.69) is 13.8 Å². The molecule has 4 heteroatoms. The van der Waals surface area contributed by atoms with Crippen molar-refractivity contribution in [3.8, 4) is 0 Å². The van der Waals surface area contributed by atoms with Crippen molar-refractivity contribution >= 4 is 11.9 Å². The fraction of sp³-hybridized carbons (Fsp3) is 0.946. The zero-order valence-electron chi connectivity index (χ0n) is 28.3. The summed E-state index contributed by atoms with van der Waals surface area (Å²) < 4.78 is 10.8. The molecule has 0 aliphatic carbocycles.